The van der Waals surface area contributed by atoms with E-state index in [1.54, 1.807) is 0 Å². The van der Waals surface area contributed by atoms with Gasteiger partial charge < -0.3 is 9.47 Å². The average molecular weight is 248 g/mol. The van der Waals surface area contributed by atoms with Crippen molar-refractivity contribution in [1.82, 2.24) is 0 Å². The van der Waals surface area contributed by atoms with Gasteiger partial charge in [-0.25, -0.2) is 0 Å². The number of esters is 1. The van der Waals surface area contributed by atoms with Crippen LogP contribution in [0.3, 0.4) is 0 Å². The number of carbonyl (C=O) groups is 1. The van der Waals surface area contributed by atoms with Crippen LogP contribution in [0.4, 0.5) is 0 Å². The van der Waals surface area contributed by atoms with Gasteiger partial charge >= 0.3 is 5.97 Å². The van der Waals surface area contributed by atoms with Crippen molar-refractivity contribution in [3.63, 3.8) is 0 Å². The van der Waals surface area contributed by atoms with E-state index in [-0.39, 0.29) is 22.6 Å². The molecule has 2 unspecified atom stereocenters. The highest BCUT2D eigenvalue weighted by atomic mass is 16.6. The Bertz CT molecular complexity index is 470. The van der Waals surface area contributed by atoms with Gasteiger partial charge in [0.2, 0.25) is 0 Å². The van der Waals surface area contributed by atoms with Gasteiger partial charge in [-0.2, -0.15) is 0 Å². The molecule has 4 aliphatic rings. The summed E-state index contributed by atoms with van der Waals surface area (Å²) in [6.45, 7) is 3.64. The number of hydrogen-bond acceptors (Lipinski definition) is 3. The highest BCUT2D eigenvalue weighted by Crippen LogP contribution is 2.86. The molecular formula is C15H20O3. The fourth-order valence-electron chi connectivity index (χ4n) is 5.94. The van der Waals surface area contributed by atoms with E-state index in [4.69, 9.17) is 9.47 Å². The van der Waals surface area contributed by atoms with Gasteiger partial charge in [0.05, 0.1) is 5.60 Å². The molecule has 3 heteroatoms. The van der Waals surface area contributed by atoms with Crippen molar-refractivity contribution in [2.24, 2.45) is 23.2 Å². The van der Waals surface area contributed by atoms with E-state index in [1.165, 1.54) is 6.92 Å². The summed E-state index contributed by atoms with van der Waals surface area (Å²) in [5.41, 5.74) is 0.0477. The summed E-state index contributed by atoms with van der Waals surface area (Å²) in [6.07, 6.45) is 7.92. The van der Waals surface area contributed by atoms with Crippen molar-refractivity contribution in [2.45, 2.75) is 44.3 Å². The summed E-state index contributed by atoms with van der Waals surface area (Å²) in [7, 11) is 1.85. The Labute approximate surface area is 108 Å². The zero-order valence-electron chi connectivity index (χ0n) is 11.2. The van der Waals surface area contributed by atoms with Crippen LogP contribution in [-0.2, 0) is 14.3 Å². The van der Waals surface area contributed by atoms with Crippen LogP contribution in [0.15, 0.2) is 12.2 Å². The van der Waals surface area contributed by atoms with Gasteiger partial charge in [-0.05, 0) is 26.2 Å². The molecule has 3 saturated carbocycles. The minimum Gasteiger partial charge on any atom is -0.459 e. The molecule has 4 rings (SSSR count). The minimum absolute atomic E-state index is 0.0512. The number of ether oxygens (including phenoxy) is 2. The molecule has 0 saturated heterocycles. The Kier molecular flexibility index (Phi) is 1.74. The molecule has 0 aliphatic heterocycles. The molecule has 0 bridgehead atoms. The summed E-state index contributed by atoms with van der Waals surface area (Å²) in [6, 6.07) is 0. The second kappa shape index (κ2) is 2.84. The summed E-state index contributed by atoms with van der Waals surface area (Å²) >= 11 is 0. The van der Waals surface area contributed by atoms with Crippen LogP contribution in [0.2, 0.25) is 0 Å². The predicted molar refractivity (Wildman–Crippen MR) is 65.8 cm³/mol. The fourth-order valence-corrected chi connectivity index (χ4v) is 5.94. The van der Waals surface area contributed by atoms with E-state index in [9.17, 15) is 4.79 Å². The maximum atomic E-state index is 11.4. The number of methoxy groups -OCH3 is 1. The minimum atomic E-state index is -0.273. The van der Waals surface area contributed by atoms with E-state index >= 15 is 0 Å². The molecule has 0 aromatic carbocycles. The molecule has 0 radical (unpaired) electrons. The van der Waals surface area contributed by atoms with Crippen LogP contribution >= 0.6 is 0 Å². The van der Waals surface area contributed by atoms with Gasteiger partial charge in [0, 0.05) is 37.2 Å². The van der Waals surface area contributed by atoms with Crippen LogP contribution in [0.25, 0.3) is 0 Å². The van der Waals surface area contributed by atoms with Crippen LogP contribution in [0.1, 0.15) is 33.1 Å². The monoisotopic (exact) mass is 248 g/mol. The number of carbonyl (C=O) groups excluding carboxylic acids is 1. The average Bonchev–Trinajstić information content (AvgIpc) is 2.53. The van der Waals surface area contributed by atoms with Gasteiger partial charge in [0.15, 0.2) is 0 Å². The lowest BCUT2D eigenvalue weighted by molar-refractivity contribution is -0.160. The van der Waals surface area contributed by atoms with Crippen LogP contribution < -0.4 is 0 Å². The first kappa shape index (κ1) is 11.0. The zero-order valence-corrected chi connectivity index (χ0v) is 11.2. The maximum absolute atomic E-state index is 11.4. The maximum Gasteiger partial charge on any atom is 0.303 e. The van der Waals surface area contributed by atoms with Crippen LogP contribution in [-0.4, -0.2) is 24.3 Å². The van der Waals surface area contributed by atoms with Crippen molar-refractivity contribution in [3.05, 3.63) is 12.2 Å². The molecule has 4 aliphatic carbocycles. The summed E-state index contributed by atoms with van der Waals surface area (Å²) in [5, 5.41) is 0. The van der Waals surface area contributed by atoms with Crippen molar-refractivity contribution < 1.29 is 14.3 Å². The summed E-state index contributed by atoms with van der Waals surface area (Å²) < 4.78 is 11.7. The third-order valence-electron chi connectivity index (χ3n) is 6.35. The Morgan fingerprint density at radius 1 is 1.33 bits per heavy atom. The van der Waals surface area contributed by atoms with Crippen LogP contribution in [0.5, 0.6) is 0 Å². The quantitative estimate of drug-likeness (QED) is 0.555. The Morgan fingerprint density at radius 2 is 2.11 bits per heavy atom. The largest absolute Gasteiger partial charge is 0.459 e. The van der Waals surface area contributed by atoms with Gasteiger partial charge in [-0.15, -0.1) is 0 Å². The molecule has 18 heavy (non-hydrogen) atoms. The smallest absolute Gasteiger partial charge is 0.303 e. The van der Waals surface area contributed by atoms with Crippen molar-refractivity contribution in [2.75, 3.05) is 7.11 Å². The van der Waals surface area contributed by atoms with Crippen molar-refractivity contribution in [3.8, 4) is 0 Å². The van der Waals surface area contributed by atoms with Crippen molar-refractivity contribution in [1.29, 1.82) is 0 Å². The predicted octanol–water partition coefficient (Wildman–Crippen LogP) is 2.31. The third-order valence-corrected chi connectivity index (χ3v) is 6.35. The van der Waals surface area contributed by atoms with E-state index < -0.39 is 0 Å². The lowest BCUT2D eigenvalue weighted by Gasteiger charge is -2.32. The van der Waals surface area contributed by atoms with Gasteiger partial charge in [0.1, 0.15) is 5.60 Å². The molecule has 0 N–H and O–H groups in total. The molecule has 0 heterocycles. The highest BCUT2D eigenvalue weighted by Gasteiger charge is 2.90. The Hall–Kier alpha value is -0.830. The molecule has 3 nitrogen and oxygen atoms in total. The highest BCUT2D eigenvalue weighted by molar-refractivity contribution is 5.67. The van der Waals surface area contributed by atoms with Crippen molar-refractivity contribution >= 4 is 5.97 Å². The van der Waals surface area contributed by atoms with Gasteiger partial charge in [-0.3, -0.25) is 4.79 Å². The topological polar surface area (TPSA) is 35.5 Å². The molecule has 3 fully saturated rings. The zero-order chi connectivity index (χ0) is 12.8. The molecule has 6 atom stereocenters. The lowest BCUT2D eigenvalue weighted by Crippen LogP contribution is -2.37. The van der Waals surface area contributed by atoms with Gasteiger partial charge in [-0.1, -0.05) is 12.2 Å². The van der Waals surface area contributed by atoms with E-state index in [2.05, 4.69) is 19.1 Å². The standard InChI is InChI=1S/C15H20O3/c1-9(16)18-13(2)6-7-14-11-5-4-10(8-12(13)14)15(11,14)17-3/h4-5,10-12H,6-8H2,1-3H3/t10-,11?,12+,13-,14?,15-/m0/s1. The third kappa shape index (κ3) is 0.841. The van der Waals surface area contributed by atoms with Gasteiger partial charge in [0.25, 0.3) is 0 Å². The number of rotatable bonds is 2. The molecule has 0 aromatic rings. The Morgan fingerprint density at radius 3 is 2.72 bits per heavy atom. The second-order valence-electron chi connectivity index (χ2n) is 6.70. The van der Waals surface area contributed by atoms with E-state index in [0.29, 0.717) is 17.8 Å². The Balaban J connectivity index is 1.74. The lowest BCUT2D eigenvalue weighted by atomic mass is 9.83. The van der Waals surface area contributed by atoms with Crippen LogP contribution in [0, 0.1) is 23.2 Å². The normalized spacial score (nSPS) is 58.5. The summed E-state index contributed by atoms with van der Waals surface area (Å²) in [5.74, 6) is 1.42. The summed E-state index contributed by atoms with van der Waals surface area (Å²) in [4.78, 5) is 11.4. The number of hydrogen-bond donors (Lipinski definition) is 0. The first-order valence-corrected chi connectivity index (χ1v) is 6.94. The molecule has 98 valence electrons. The molecule has 1 spiro atoms. The SMILES string of the molecule is CO[C@]12C3C=C[C@H]1C[C@H]1C32CC[C@]1(C)OC(C)=O. The van der Waals surface area contributed by atoms with E-state index in [0.717, 1.165) is 19.3 Å². The molecular weight excluding hydrogens is 228 g/mol. The second-order valence-corrected chi connectivity index (χ2v) is 6.70. The first-order valence-electron chi connectivity index (χ1n) is 6.94. The fraction of sp³-hybridized carbons (Fsp3) is 0.800. The van der Waals surface area contributed by atoms with E-state index in [1.807, 2.05) is 7.11 Å². The molecule has 0 aromatic heterocycles. The first-order chi connectivity index (χ1) is 8.51. The molecule has 0 amide bonds.